The van der Waals surface area contributed by atoms with Crippen molar-refractivity contribution in [2.75, 3.05) is 16.8 Å². The molecule has 1 fully saturated rings. The lowest BCUT2D eigenvalue weighted by Crippen LogP contribution is -2.44. The number of amides is 2. The van der Waals surface area contributed by atoms with Gasteiger partial charge in [0.1, 0.15) is 0 Å². The molecule has 1 unspecified atom stereocenters. The Labute approximate surface area is 135 Å². The molecule has 2 heterocycles. The van der Waals surface area contributed by atoms with Crippen molar-refractivity contribution >= 4 is 23.2 Å². The van der Waals surface area contributed by atoms with Crippen LogP contribution in [0.25, 0.3) is 0 Å². The second-order valence-corrected chi connectivity index (χ2v) is 5.92. The molecule has 1 aliphatic rings. The maximum Gasteiger partial charge on any atom is 0.229 e. The van der Waals surface area contributed by atoms with E-state index in [-0.39, 0.29) is 17.7 Å². The number of benzene rings is 1. The molecule has 23 heavy (non-hydrogen) atoms. The quantitative estimate of drug-likeness (QED) is 0.944. The molecule has 1 atom stereocenters. The third kappa shape index (κ3) is 3.26. The fourth-order valence-electron chi connectivity index (χ4n) is 2.81. The number of carbonyl (C=O) groups is 2. The number of anilines is 2. The SMILES string of the molecule is Cc1ccccc1NC(=O)C1CCC(=O)N(c2cnn(C)c2)C1. The van der Waals surface area contributed by atoms with E-state index in [1.54, 1.807) is 29.0 Å². The van der Waals surface area contributed by atoms with Crippen LogP contribution in [0.4, 0.5) is 11.4 Å². The average Bonchev–Trinajstić information content (AvgIpc) is 2.96. The number of aromatic nitrogens is 2. The first-order valence-electron chi connectivity index (χ1n) is 7.70. The fourth-order valence-corrected chi connectivity index (χ4v) is 2.81. The maximum absolute atomic E-state index is 12.5. The van der Waals surface area contributed by atoms with Gasteiger partial charge in [0.15, 0.2) is 0 Å². The van der Waals surface area contributed by atoms with Crippen LogP contribution in [0.1, 0.15) is 18.4 Å². The Kier molecular flexibility index (Phi) is 4.14. The summed E-state index contributed by atoms with van der Waals surface area (Å²) in [5, 5.41) is 7.07. The first-order valence-corrected chi connectivity index (χ1v) is 7.70. The van der Waals surface area contributed by atoms with Crippen molar-refractivity contribution in [1.82, 2.24) is 9.78 Å². The first kappa shape index (κ1) is 15.3. The minimum atomic E-state index is -0.215. The number of hydrogen-bond acceptors (Lipinski definition) is 3. The summed E-state index contributed by atoms with van der Waals surface area (Å²) in [7, 11) is 1.81. The van der Waals surface area contributed by atoms with Crippen LogP contribution in [0.15, 0.2) is 36.7 Å². The molecule has 0 bridgehead atoms. The molecule has 0 spiro atoms. The summed E-state index contributed by atoms with van der Waals surface area (Å²) in [6.07, 6.45) is 4.40. The van der Waals surface area contributed by atoms with Crippen LogP contribution in [0, 0.1) is 12.8 Å². The van der Waals surface area contributed by atoms with Gasteiger partial charge in [-0.2, -0.15) is 5.10 Å². The molecule has 1 aliphatic heterocycles. The second-order valence-electron chi connectivity index (χ2n) is 5.92. The third-order valence-corrected chi connectivity index (χ3v) is 4.19. The highest BCUT2D eigenvalue weighted by molar-refractivity contribution is 5.99. The molecule has 6 heteroatoms. The van der Waals surface area contributed by atoms with E-state index in [2.05, 4.69) is 10.4 Å². The molecule has 120 valence electrons. The van der Waals surface area contributed by atoms with Gasteiger partial charge in [-0.3, -0.25) is 14.3 Å². The van der Waals surface area contributed by atoms with Crippen molar-refractivity contribution in [2.24, 2.45) is 13.0 Å². The molecule has 3 rings (SSSR count). The zero-order valence-electron chi connectivity index (χ0n) is 13.3. The van der Waals surface area contributed by atoms with Crippen molar-refractivity contribution < 1.29 is 9.59 Å². The Morgan fingerprint density at radius 1 is 1.35 bits per heavy atom. The Bertz CT molecular complexity index is 738. The summed E-state index contributed by atoms with van der Waals surface area (Å²) in [4.78, 5) is 26.3. The highest BCUT2D eigenvalue weighted by Gasteiger charge is 2.31. The van der Waals surface area contributed by atoms with Gasteiger partial charge in [-0.05, 0) is 25.0 Å². The van der Waals surface area contributed by atoms with E-state index in [1.807, 2.05) is 31.2 Å². The largest absolute Gasteiger partial charge is 0.326 e. The lowest BCUT2D eigenvalue weighted by molar-refractivity contribution is -0.124. The van der Waals surface area contributed by atoms with Gasteiger partial charge in [-0.25, -0.2) is 0 Å². The van der Waals surface area contributed by atoms with Crippen molar-refractivity contribution in [3.8, 4) is 0 Å². The van der Waals surface area contributed by atoms with Crippen LogP contribution in [0.3, 0.4) is 0 Å². The van der Waals surface area contributed by atoms with Crippen LogP contribution < -0.4 is 10.2 Å². The molecular formula is C17H20N4O2. The van der Waals surface area contributed by atoms with Gasteiger partial charge in [0.05, 0.1) is 17.8 Å². The normalized spacial score (nSPS) is 18.1. The minimum Gasteiger partial charge on any atom is -0.326 e. The monoisotopic (exact) mass is 312 g/mol. The van der Waals surface area contributed by atoms with Gasteiger partial charge in [-0.15, -0.1) is 0 Å². The number of para-hydroxylation sites is 1. The predicted octanol–water partition coefficient (Wildman–Crippen LogP) is 2.11. The van der Waals surface area contributed by atoms with E-state index in [0.717, 1.165) is 16.9 Å². The van der Waals surface area contributed by atoms with E-state index < -0.39 is 0 Å². The maximum atomic E-state index is 12.5. The van der Waals surface area contributed by atoms with Gasteiger partial charge in [0, 0.05) is 31.9 Å². The van der Waals surface area contributed by atoms with Crippen molar-refractivity contribution in [3.05, 3.63) is 42.2 Å². The Balaban J connectivity index is 1.72. The Morgan fingerprint density at radius 2 is 2.13 bits per heavy atom. The zero-order valence-corrected chi connectivity index (χ0v) is 13.3. The van der Waals surface area contributed by atoms with Crippen LogP contribution in [0.5, 0.6) is 0 Å². The molecule has 1 aromatic heterocycles. The third-order valence-electron chi connectivity index (χ3n) is 4.19. The molecule has 0 saturated carbocycles. The number of nitrogens with zero attached hydrogens (tertiary/aromatic N) is 3. The van der Waals surface area contributed by atoms with Crippen LogP contribution >= 0.6 is 0 Å². The summed E-state index contributed by atoms with van der Waals surface area (Å²) in [6.45, 7) is 2.35. The molecule has 1 N–H and O–H groups in total. The van der Waals surface area contributed by atoms with Crippen LogP contribution in [-0.4, -0.2) is 28.1 Å². The topological polar surface area (TPSA) is 67.2 Å². The highest BCUT2D eigenvalue weighted by atomic mass is 16.2. The molecule has 1 aromatic carbocycles. The van der Waals surface area contributed by atoms with E-state index in [1.165, 1.54) is 0 Å². The number of piperidine rings is 1. The van der Waals surface area contributed by atoms with Gasteiger partial charge < -0.3 is 10.2 Å². The van der Waals surface area contributed by atoms with Crippen molar-refractivity contribution in [3.63, 3.8) is 0 Å². The predicted molar refractivity (Wildman–Crippen MR) is 88.1 cm³/mol. The zero-order chi connectivity index (χ0) is 16.4. The number of aryl methyl sites for hydroxylation is 2. The smallest absolute Gasteiger partial charge is 0.229 e. The number of rotatable bonds is 3. The van der Waals surface area contributed by atoms with Crippen LogP contribution in [-0.2, 0) is 16.6 Å². The summed E-state index contributed by atoms with van der Waals surface area (Å²) < 4.78 is 1.65. The summed E-state index contributed by atoms with van der Waals surface area (Å²) in [6, 6.07) is 7.69. The Hall–Kier alpha value is -2.63. The number of hydrogen-bond donors (Lipinski definition) is 1. The lowest BCUT2D eigenvalue weighted by Gasteiger charge is -2.31. The first-order chi connectivity index (χ1) is 11.0. The summed E-state index contributed by atoms with van der Waals surface area (Å²) in [5.74, 6) is -0.217. The van der Waals surface area contributed by atoms with Gasteiger partial charge in [-0.1, -0.05) is 18.2 Å². The molecule has 0 radical (unpaired) electrons. The molecule has 6 nitrogen and oxygen atoms in total. The van der Waals surface area contributed by atoms with Crippen LogP contribution in [0.2, 0.25) is 0 Å². The minimum absolute atomic E-state index is 0.0398. The van der Waals surface area contributed by atoms with Gasteiger partial charge in [0.25, 0.3) is 0 Å². The van der Waals surface area contributed by atoms with E-state index >= 15 is 0 Å². The highest BCUT2D eigenvalue weighted by Crippen LogP contribution is 2.25. The fraction of sp³-hybridized carbons (Fsp3) is 0.353. The Morgan fingerprint density at radius 3 is 2.83 bits per heavy atom. The summed E-state index contributed by atoms with van der Waals surface area (Å²) in [5.41, 5.74) is 2.59. The summed E-state index contributed by atoms with van der Waals surface area (Å²) >= 11 is 0. The number of carbonyl (C=O) groups excluding carboxylic acids is 2. The van der Waals surface area contributed by atoms with E-state index in [9.17, 15) is 9.59 Å². The van der Waals surface area contributed by atoms with E-state index in [4.69, 9.17) is 0 Å². The average molecular weight is 312 g/mol. The van der Waals surface area contributed by atoms with Gasteiger partial charge >= 0.3 is 0 Å². The molecule has 1 saturated heterocycles. The molecule has 2 aromatic rings. The molecular weight excluding hydrogens is 292 g/mol. The standard InChI is InChI=1S/C17H20N4O2/c1-12-5-3-4-6-15(12)19-17(23)13-7-8-16(22)21(10-13)14-9-18-20(2)11-14/h3-6,9,11,13H,7-8,10H2,1-2H3,(H,19,23). The van der Waals surface area contributed by atoms with Crippen molar-refractivity contribution in [2.45, 2.75) is 19.8 Å². The molecule has 2 amide bonds. The molecule has 0 aliphatic carbocycles. The number of nitrogens with one attached hydrogen (secondary N) is 1. The second kappa shape index (κ2) is 6.24. The van der Waals surface area contributed by atoms with Crippen molar-refractivity contribution in [1.29, 1.82) is 0 Å². The van der Waals surface area contributed by atoms with E-state index in [0.29, 0.717) is 19.4 Å². The van der Waals surface area contributed by atoms with Gasteiger partial charge in [0.2, 0.25) is 11.8 Å². The lowest BCUT2D eigenvalue weighted by atomic mass is 9.96.